The summed E-state index contributed by atoms with van der Waals surface area (Å²) >= 11 is 0. The molecule has 116 valence electrons. The summed E-state index contributed by atoms with van der Waals surface area (Å²) in [5.74, 6) is -0.905. The number of nitrogens with one attached hydrogen (secondary N) is 1. The van der Waals surface area contributed by atoms with E-state index in [1.54, 1.807) is 38.1 Å². The van der Waals surface area contributed by atoms with Crippen molar-refractivity contribution >= 4 is 11.9 Å². The van der Waals surface area contributed by atoms with Crippen molar-refractivity contribution in [3.05, 3.63) is 53.4 Å². The monoisotopic (exact) mass is 302 g/mol. The fraction of sp³-hybridized carbons (Fsp3) is 0.312. The molecule has 1 aromatic heterocycles. The molecule has 1 heterocycles. The maximum absolute atomic E-state index is 12.0. The van der Waals surface area contributed by atoms with Crippen LogP contribution in [0, 0.1) is 6.92 Å². The number of aliphatic carboxylic acids is 1. The van der Waals surface area contributed by atoms with E-state index in [9.17, 15) is 14.7 Å². The van der Waals surface area contributed by atoms with Gasteiger partial charge in [-0.3, -0.25) is 9.59 Å². The highest BCUT2D eigenvalue weighted by molar-refractivity contribution is 5.93. The Morgan fingerprint density at radius 2 is 2.00 bits per heavy atom. The third-order valence-corrected chi connectivity index (χ3v) is 3.75. The van der Waals surface area contributed by atoms with Gasteiger partial charge in [0.05, 0.1) is 0 Å². The first kappa shape index (κ1) is 15.8. The van der Waals surface area contributed by atoms with Gasteiger partial charge in [-0.2, -0.15) is 0 Å². The van der Waals surface area contributed by atoms with Crippen molar-refractivity contribution in [1.82, 2.24) is 10.5 Å². The molecule has 0 saturated carbocycles. The van der Waals surface area contributed by atoms with Crippen molar-refractivity contribution in [2.45, 2.75) is 25.7 Å². The average Bonchev–Trinajstić information content (AvgIpc) is 2.95. The zero-order valence-corrected chi connectivity index (χ0v) is 12.5. The molecule has 1 atom stereocenters. The molecule has 22 heavy (non-hydrogen) atoms. The molecule has 0 bridgehead atoms. The maximum atomic E-state index is 12.0. The number of aryl methyl sites for hydroxylation is 1. The van der Waals surface area contributed by atoms with Crippen LogP contribution < -0.4 is 5.32 Å². The number of carboxylic acid groups (broad SMARTS) is 1. The Hall–Kier alpha value is -2.63. The first-order valence-electron chi connectivity index (χ1n) is 7.00. The summed E-state index contributed by atoms with van der Waals surface area (Å²) in [5.41, 5.74) is -0.377. The minimum Gasteiger partial charge on any atom is -0.481 e. The molecule has 0 aliphatic rings. The van der Waals surface area contributed by atoms with Gasteiger partial charge in [0.15, 0.2) is 5.69 Å². The number of carboxylic acids is 1. The number of hydrogen-bond acceptors (Lipinski definition) is 4. The van der Waals surface area contributed by atoms with Crippen LogP contribution in [0.4, 0.5) is 0 Å². The second-order valence-corrected chi connectivity index (χ2v) is 5.11. The van der Waals surface area contributed by atoms with Gasteiger partial charge >= 0.3 is 5.97 Å². The standard InChI is InChI=1S/C16H18N2O4/c1-3-16(15(20)21,12-7-5-4-6-8-12)10-17-14(19)13-9-11(2)22-18-13/h4-9H,3,10H2,1-2H3,(H,17,19)(H,20,21). The Kier molecular flexibility index (Phi) is 4.60. The van der Waals surface area contributed by atoms with Gasteiger partial charge in [-0.05, 0) is 18.9 Å². The molecule has 0 spiro atoms. The van der Waals surface area contributed by atoms with E-state index in [1.807, 2.05) is 6.07 Å². The van der Waals surface area contributed by atoms with Crippen LogP contribution in [0.2, 0.25) is 0 Å². The van der Waals surface area contributed by atoms with E-state index in [2.05, 4.69) is 10.5 Å². The van der Waals surface area contributed by atoms with E-state index in [4.69, 9.17) is 4.52 Å². The number of hydrogen-bond donors (Lipinski definition) is 2. The molecular weight excluding hydrogens is 284 g/mol. The number of aromatic nitrogens is 1. The van der Waals surface area contributed by atoms with Crippen molar-refractivity contribution in [2.24, 2.45) is 0 Å². The van der Waals surface area contributed by atoms with Gasteiger partial charge in [0.25, 0.3) is 5.91 Å². The molecule has 1 unspecified atom stereocenters. The number of nitrogens with zero attached hydrogens (tertiary/aromatic N) is 1. The van der Waals surface area contributed by atoms with Crippen molar-refractivity contribution in [1.29, 1.82) is 0 Å². The van der Waals surface area contributed by atoms with Gasteiger partial charge in [0.1, 0.15) is 11.2 Å². The third kappa shape index (κ3) is 3.00. The zero-order chi connectivity index (χ0) is 16.2. The molecule has 2 aromatic rings. The van der Waals surface area contributed by atoms with Crippen molar-refractivity contribution in [2.75, 3.05) is 6.54 Å². The zero-order valence-electron chi connectivity index (χ0n) is 12.5. The normalized spacial score (nSPS) is 13.4. The van der Waals surface area contributed by atoms with Crippen LogP contribution in [0.15, 0.2) is 40.9 Å². The van der Waals surface area contributed by atoms with Crippen molar-refractivity contribution in [3.63, 3.8) is 0 Å². The first-order chi connectivity index (χ1) is 10.5. The summed E-state index contributed by atoms with van der Waals surface area (Å²) in [5, 5.41) is 15.9. The fourth-order valence-corrected chi connectivity index (χ4v) is 2.33. The lowest BCUT2D eigenvalue weighted by Gasteiger charge is -2.28. The smallest absolute Gasteiger partial charge is 0.315 e. The Morgan fingerprint density at radius 3 is 2.50 bits per heavy atom. The van der Waals surface area contributed by atoms with Gasteiger partial charge < -0.3 is 14.9 Å². The van der Waals surface area contributed by atoms with Gasteiger partial charge in [0, 0.05) is 12.6 Å². The predicted molar refractivity (Wildman–Crippen MR) is 79.6 cm³/mol. The lowest BCUT2D eigenvalue weighted by atomic mass is 9.78. The van der Waals surface area contributed by atoms with E-state index >= 15 is 0 Å². The minimum atomic E-state index is -1.17. The predicted octanol–water partition coefficient (Wildman–Crippen LogP) is 2.15. The van der Waals surface area contributed by atoms with Gasteiger partial charge in [0.2, 0.25) is 0 Å². The Bertz CT molecular complexity index is 666. The first-order valence-corrected chi connectivity index (χ1v) is 7.00. The SMILES string of the molecule is CCC(CNC(=O)c1cc(C)on1)(C(=O)O)c1ccccc1. The molecule has 0 radical (unpaired) electrons. The van der Waals surface area contributed by atoms with Crippen molar-refractivity contribution in [3.8, 4) is 0 Å². The van der Waals surface area contributed by atoms with Gasteiger partial charge in [-0.15, -0.1) is 0 Å². The van der Waals surface area contributed by atoms with Crippen LogP contribution in [-0.4, -0.2) is 28.7 Å². The fourth-order valence-electron chi connectivity index (χ4n) is 2.33. The third-order valence-electron chi connectivity index (χ3n) is 3.75. The lowest BCUT2D eigenvalue weighted by molar-refractivity contribution is -0.143. The molecule has 0 aliphatic carbocycles. The number of benzene rings is 1. The molecule has 1 amide bonds. The van der Waals surface area contributed by atoms with Crippen LogP contribution >= 0.6 is 0 Å². The highest BCUT2D eigenvalue weighted by Gasteiger charge is 2.39. The molecule has 0 saturated heterocycles. The highest BCUT2D eigenvalue weighted by Crippen LogP contribution is 2.28. The van der Waals surface area contributed by atoms with Gasteiger partial charge in [-0.1, -0.05) is 42.4 Å². The van der Waals surface area contributed by atoms with E-state index in [0.717, 1.165) is 0 Å². The van der Waals surface area contributed by atoms with Crippen LogP contribution in [0.3, 0.4) is 0 Å². The van der Waals surface area contributed by atoms with E-state index < -0.39 is 17.3 Å². The van der Waals surface area contributed by atoms with Crippen LogP contribution in [0.1, 0.15) is 35.2 Å². The molecule has 6 nitrogen and oxygen atoms in total. The number of rotatable bonds is 6. The van der Waals surface area contributed by atoms with E-state index in [1.165, 1.54) is 6.07 Å². The molecule has 2 N–H and O–H groups in total. The topological polar surface area (TPSA) is 92.4 Å². The second kappa shape index (κ2) is 6.43. The average molecular weight is 302 g/mol. The summed E-state index contributed by atoms with van der Waals surface area (Å²) in [7, 11) is 0. The Balaban J connectivity index is 2.21. The molecule has 0 fully saturated rings. The minimum absolute atomic E-state index is 0.0203. The van der Waals surface area contributed by atoms with E-state index in [0.29, 0.717) is 17.7 Å². The number of amides is 1. The number of carbonyl (C=O) groups excluding carboxylic acids is 1. The Morgan fingerprint density at radius 1 is 1.32 bits per heavy atom. The van der Waals surface area contributed by atoms with Crippen LogP contribution in [0.25, 0.3) is 0 Å². The molecule has 2 rings (SSSR count). The maximum Gasteiger partial charge on any atom is 0.315 e. The summed E-state index contributed by atoms with van der Waals surface area (Å²) in [4.78, 5) is 23.9. The highest BCUT2D eigenvalue weighted by atomic mass is 16.5. The summed E-state index contributed by atoms with van der Waals surface area (Å²) in [6.45, 7) is 3.45. The molecule has 6 heteroatoms. The quantitative estimate of drug-likeness (QED) is 0.853. The van der Waals surface area contributed by atoms with Gasteiger partial charge in [-0.25, -0.2) is 0 Å². The Labute approximate surface area is 128 Å². The number of carbonyl (C=O) groups is 2. The van der Waals surface area contributed by atoms with Crippen LogP contribution in [-0.2, 0) is 10.2 Å². The molecule has 1 aromatic carbocycles. The molecule has 0 aliphatic heterocycles. The summed E-state index contributed by atoms with van der Waals surface area (Å²) < 4.78 is 4.85. The second-order valence-electron chi connectivity index (χ2n) is 5.11. The summed E-state index contributed by atoms with van der Waals surface area (Å²) in [6.07, 6.45) is 0.352. The van der Waals surface area contributed by atoms with E-state index in [-0.39, 0.29) is 12.2 Å². The summed E-state index contributed by atoms with van der Waals surface area (Å²) in [6, 6.07) is 10.4. The van der Waals surface area contributed by atoms with Crippen LogP contribution in [0.5, 0.6) is 0 Å². The largest absolute Gasteiger partial charge is 0.481 e. The molecular formula is C16H18N2O4. The lowest BCUT2D eigenvalue weighted by Crippen LogP contribution is -2.46. The van der Waals surface area contributed by atoms with Crippen molar-refractivity contribution < 1.29 is 19.2 Å².